The van der Waals surface area contributed by atoms with Gasteiger partial charge < -0.3 is 5.32 Å². The van der Waals surface area contributed by atoms with Crippen molar-refractivity contribution in [1.29, 1.82) is 0 Å². The van der Waals surface area contributed by atoms with Crippen LogP contribution in [0.15, 0.2) is 0 Å². The highest BCUT2D eigenvalue weighted by Crippen LogP contribution is 2.29. The third kappa shape index (κ3) is 2.71. The smallest absolute Gasteiger partial charge is 0.237 e. The number of hydrogen-bond donors (Lipinski definition) is 1. The van der Waals surface area contributed by atoms with E-state index >= 15 is 0 Å². The van der Waals surface area contributed by atoms with Gasteiger partial charge in [-0.15, -0.1) is 0 Å². The zero-order valence-electron chi connectivity index (χ0n) is 10.5. The minimum Gasteiger partial charge on any atom is -0.355 e. The normalized spacial score (nSPS) is 24.8. The molecule has 1 N–H and O–H groups in total. The van der Waals surface area contributed by atoms with Crippen molar-refractivity contribution in [2.45, 2.75) is 46.6 Å². The molecule has 0 aliphatic carbocycles. The van der Waals surface area contributed by atoms with Crippen molar-refractivity contribution in [3.8, 4) is 0 Å². The molecule has 0 radical (unpaired) electrons. The van der Waals surface area contributed by atoms with E-state index in [1.807, 2.05) is 0 Å². The van der Waals surface area contributed by atoms with Gasteiger partial charge in [0.1, 0.15) is 0 Å². The molecule has 1 saturated heterocycles. The Balaban J connectivity index is 2.90. The molecule has 0 aromatic carbocycles. The number of nitrogens with zero attached hydrogens (tertiary/aromatic N) is 1. The minimum absolute atomic E-state index is 0.0370. The maximum Gasteiger partial charge on any atom is 0.237 e. The van der Waals surface area contributed by atoms with E-state index in [2.05, 4.69) is 37.9 Å². The fraction of sp³-hybridized carbons (Fsp3) is 0.917. The second-order valence-corrected chi connectivity index (χ2v) is 5.02. The van der Waals surface area contributed by atoms with Gasteiger partial charge in [-0.05, 0) is 24.8 Å². The van der Waals surface area contributed by atoms with E-state index in [0.717, 1.165) is 32.5 Å². The summed E-state index contributed by atoms with van der Waals surface area (Å²) in [6.07, 6.45) is 2.09. The first-order valence-electron chi connectivity index (χ1n) is 6.04. The van der Waals surface area contributed by atoms with Gasteiger partial charge in [0.05, 0.1) is 6.04 Å². The van der Waals surface area contributed by atoms with Crippen LogP contribution < -0.4 is 5.32 Å². The Morgan fingerprint density at radius 1 is 1.47 bits per heavy atom. The lowest BCUT2D eigenvalue weighted by Crippen LogP contribution is -2.52. The summed E-state index contributed by atoms with van der Waals surface area (Å²) in [6, 6.07) is 0.0370. The molecule has 1 heterocycles. The molecular formula is C12H24N2O. The van der Waals surface area contributed by atoms with Gasteiger partial charge in [0, 0.05) is 13.1 Å². The third-order valence-corrected chi connectivity index (χ3v) is 3.59. The lowest BCUT2D eigenvalue weighted by atomic mass is 9.80. The van der Waals surface area contributed by atoms with Crippen molar-refractivity contribution in [2.75, 3.05) is 19.6 Å². The summed E-state index contributed by atoms with van der Waals surface area (Å²) in [7, 11) is 0. The van der Waals surface area contributed by atoms with Crippen LogP contribution in [0.4, 0.5) is 0 Å². The van der Waals surface area contributed by atoms with Gasteiger partial charge in [-0.1, -0.05) is 27.7 Å². The summed E-state index contributed by atoms with van der Waals surface area (Å²) >= 11 is 0. The maximum absolute atomic E-state index is 12.0. The van der Waals surface area contributed by atoms with Gasteiger partial charge in [0.2, 0.25) is 5.91 Å². The summed E-state index contributed by atoms with van der Waals surface area (Å²) in [5, 5.41) is 3.02. The summed E-state index contributed by atoms with van der Waals surface area (Å²) in [4.78, 5) is 14.3. The molecule has 1 aliphatic rings. The Bertz CT molecular complexity index is 226. The number of amides is 1. The summed E-state index contributed by atoms with van der Waals surface area (Å²) < 4.78 is 0. The van der Waals surface area contributed by atoms with E-state index in [9.17, 15) is 4.79 Å². The molecule has 1 rings (SSSR count). The van der Waals surface area contributed by atoms with E-state index in [-0.39, 0.29) is 17.4 Å². The topological polar surface area (TPSA) is 32.3 Å². The minimum atomic E-state index is 0.0370. The highest BCUT2D eigenvalue weighted by Gasteiger charge is 2.38. The molecule has 0 saturated carbocycles. The SMILES string of the molecule is CCN1CCCNC(=O)C1C(C)(C)CC. The Labute approximate surface area is 93.2 Å². The molecule has 1 atom stereocenters. The molecule has 15 heavy (non-hydrogen) atoms. The Kier molecular flexibility index (Phi) is 4.14. The van der Waals surface area contributed by atoms with Crippen molar-refractivity contribution in [3.05, 3.63) is 0 Å². The van der Waals surface area contributed by atoms with Gasteiger partial charge in [-0.25, -0.2) is 0 Å². The maximum atomic E-state index is 12.0. The number of carbonyl (C=O) groups excluding carboxylic acids is 1. The first-order chi connectivity index (χ1) is 7.03. The van der Waals surface area contributed by atoms with Crippen LogP contribution in [0.1, 0.15) is 40.5 Å². The predicted molar refractivity (Wildman–Crippen MR) is 62.7 cm³/mol. The standard InChI is InChI=1S/C12H24N2O/c1-5-12(3,4)10-11(15)13-8-7-9-14(10)6-2/h10H,5-9H2,1-4H3,(H,13,15). The lowest BCUT2D eigenvalue weighted by Gasteiger charge is -2.38. The fourth-order valence-corrected chi connectivity index (χ4v) is 2.27. The van der Waals surface area contributed by atoms with E-state index in [0.29, 0.717) is 0 Å². The number of likely N-dealkylation sites (N-methyl/N-ethyl adjacent to an activating group) is 1. The quantitative estimate of drug-likeness (QED) is 0.771. The van der Waals surface area contributed by atoms with Gasteiger partial charge >= 0.3 is 0 Å². The number of carbonyl (C=O) groups is 1. The van der Waals surface area contributed by atoms with E-state index in [1.165, 1.54) is 0 Å². The molecule has 1 aliphatic heterocycles. The Morgan fingerprint density at radius 2 is 2.13 bits per heavy atom. The van der Waals surface area contributed by atoms with Crippen LogP contribution in [0.2, 0.25) is 0 Å². The number of rotatable bonds is 3. The van der Waals surface area contributed by atoms with Gasteiger partial charge in [-0.3, -0.25) is 9.69 Å². The largest absolute Gasteiger partial charge is 0.355 e. The molecule has 1 amide bonds. The van der Waals surface area contributed by atoms with E-state index in [4.69, 9.17) is 0 Å². The second kappa shape index (κ2) is 4.97. The molecule has 0 aromatic rings. The van der Waals surface area contributed by atoms with Crippen molar-refractivity contribution in [2.24, 2.45) is 5.41 Å². The van der Waals surface area contributed by atoms with Crippen LogP contribution >= 0.6 is 0 Å². The Hall–Kier alpha value is -0.570. The highest BCUT2D eigenvalue weighted by molar-refractivity contribution is 5.82. The second-order valence-electron chi connectivity index (χ2n) is 5.02. The first-order valence-corrected chi connectivity index (χ1v) is 6.04. The molecule has 0 bridgehead atoms. The molecule has 1 fully saturated rings. The fourth-order valence-electron chi connectivity index (χ4n) is 2.27. The number of hydrogen-bond acceptors (Lipinski definition) is 2. The Morgan fingerprint density at radius 3 is 2.67 bits per heavy atom. The molecule has 3 heteroatoms. The first kappa shape index (κ1) is 12.5. The third-order valence-electron chi connectivity index (χ3n) is 3.59. The summed E-state index contributed by atoms with van der Waals surface area (Å²) in [6.45, 7) is 11.5. The van der Waals surface area contributed by atoms with Crippen LogP contribution in [0.3, 0.4) is 0 Å². The molecule has 0 aromatic heterocycles. The summed E-state index contributed by atoms with van der Waals surface area (Å²) in [5.41, 5.74) is 0.0600. The highest BCUT2D eigenvalue weighted by atomic mass is 16.2. The van der Waals surface area contributed by atoms with Crippen LogP contribution in [-0.4, -0.2) is 36.5 Å². The van der Waals surface area contributed by atoms with Gasteiger partial charge in [0.25, 0.3) is 0 Å². The number of nitrogens with one attached hydrogen (secondary N) is 1. The van der Waals surface area contributed by atoms with Crippen molar-refractivity contribution in [1.82, 2.24) is 10.2 Å². The molecule has 88 valence electrons. The molecular weight excluding hydrogens is 188 g/mol. The molecule has 0 spiro atoms. The molecule has 3 nitrogen and oxygen atoms in total. The summed E-state index contributed by atoms with van der Waals surface area (Å²) in [5.74, 6) is 0.209. The monoisotopic (exact) mass is 212 g/mol. The lowest BCUT2D eigenvalue weighted by molar-refractivity contribution is -0.129. The zero-order valence-corrected chi connectivity index (χ0v) is 10.5. The van der Waals surface area contributed by atoms with Crippen LogP contribution in [0, 0.1) is 5.41 Å². The predicted octanol–water partition coefficient (Wildman–Crippen LogP) is 1.63. The average molecular weight is 212 g/mol. The van der Waals surface area contributed by atoms with Crippen LogP contribution in [0.5, 0.6) is 0 Å². The van der Waals surface area contributed by atoms with Crippen LogP contribution in [-0.2, 0) is 4.79 Å². The van der Waals surface area contributed by atoms with Crippen molar-refractivity contribution < 1.29 is 4.79 Å². The molecule has 1 unspecified atom stereocenters. The average Bonchev–Trinajstić information content (AvgIpc) is 2.39. The van der Waals surface area contributed by atoms with E-state index in [1.54, 1.807) is 0 Å². The zero-order chi connectivity index (χ0) is 11.5. The van der Waals surface area contributed by atoms with Crippen LogP contribution in [0.25, 0.3) is 0 Å². The van der Waals surface area contributed by atoms with Gasteiger partial charge in [-0.2, -0.15) is 0 Å². The van der Waals surface area contributed by atoms with Gasteiger partial charge in [0.15, 0.2) is 0 Å². The van der Waals surface area contributed by atoms with Crippen molar-refractivity contribution >= 4 is 5.91 Å². The van der Waals surface area contributed by atoms with Crippen molar-refractivity contribution in [3.63, 3.8) is 0 Å². The van der Waals surface area contributed by atoms with E-state index < -0.39 is 0 Å².